The molecule has 0 spiro atoms. The van der Waals surface area contributed by atoms with E-state index >= 15 is 0 Å². The largest absolute Gasteiger partial charge is 0.328 e. The molecule has 1 atom stereocenters. The lowest BCUT2D eigenvalue weighted by Crippen LogP contribution is -2.11. The SMILES string of the molecule is CC.CC(C)C.CCC(C)N. The quantitative estimate of drug-likeness (QED) is 0.626. The molecule has 1 heteroatoms. The summed E-state index contributed by atoms with van der Waals surface area (Å²) in [7, 11) is 0. The van der Waals surface area contributed by atoms with Gasteiger partial charge < -0.3 is 5.73 Å². The second kappa shape index (κ2) is 16.5. The van der Waals surface area contributed by atoms with Crippen LogP contribution in [0.5, 0.6) is 0 Å². The lowest BCUT2D eigenvalue weighted by molar-refractivity contribution is 0.715. The van der Waals surface area contributed by atoms with Crippen LogP contribution < -0.4 is 5.73 Å². The highest BCUT2D eigenvalue weighted by molar-refractivity contribution is 4.43. The lowest BCUT2D eigenvalue weighted by Gasteiger charge is -1.91. The van der Waals surface area contributed by atoms with Crippen molar-refractivity contribution in [2.24, 2.45) is 11.7 Å². The van der Waals surface area contributed by atoms with E-state index in [2.05, 4.69) is 27.7 Å². The Balaban J connectivity index is -0.0000000965. The van der Waals surface area contributed by atoms with Crippen molar-refractivity contribution in [1.82, 2.24) is 0 Å². The molecule has 0 aliphatic heterocycles. The van der Waals surface area contributed by atoms with Crippen molar-refractivity contribution in [3.8, 4) is 0 Å². The minimum absolute atomic E-state index is 0.384. The maximum absolute atomic E-state index is 5.29. The lowest BCUT2D eigenvalue weighted by atomic mass is 10.3. The average Bonchev–Trinajstić information content (AvgIpc) is 1.91. The van der Waals surface area contributed by atoms with E-state index < -0.39 is 0 Å². The Kier molecular flexibility index (Phi) is 25.7. The summed E-state index contributed by atoms with van der Waals surface area (Å²) in [5, 5.41) is 0. The molecule has 0 aliphatic rings. The summed E-state index contributed by atoms with van der Waals surface area (Å²) in [5.41, 5.74) is 5.29. The van der Waals surface area contributed by atoms with E-state index in [4.69, 9.17) is 5.73 Å². The second-order valence-corrected chi connectivity index (χ2v) is 3.12. The van der Waals surface area contributed by atoms with Crippen LogP contribution >= 0.6 is 0 Å². The van der Waals surface area contributed by atoms with E-state index in [9.17, 15) is 0 Å². The van der Waals surface area contributed by atoms with Crippen molar-refractivity contribution in [3.05, 3.63) is 0 Å². The molecule has 0 saturated heterocycles. The first-order valence-electron chi connectivity index (χ1n) is 4.76. The highest BCUT2D eigenvalue weighted by Crippen LogP contribution is 1.81. The number of rotatable bonds is 1. The third-order valence-electron chi connectivity index (χ3n) is 0.644. The molecule has 1 unspecified atom stereocenters. The molecular weight excluding hydrogens is 134 g/mol. The molecule has 2 N–H and O–H groups in total. The van der Waals surface area contributed by atoms with E-state index in [-0.39, 0.29) is 0 Å². The van der Waals surface area contributed by atoms with Crippen molar-refractivity contribution in [2.75, 3.05) is 0 Å². The van der Waals surface area contributed by atoms with Gasteiger partial charge in [-0.25, -0.2) is 0 Å². The first-order chi connectivity index (χ1) is 5.00. The van der Waals surface area contributed by atoms with Crippen LogP contribution in [0.2, 0.25) is 0 Å². The van der Waals surface area contributed by atoms with Crippen LogP contribution in [0.25, 0.3) is 0 Å². The molecule has 72 valence electrons. The molecule has 0 aliphatic carbocycles. The van der Waals surface area contributed by atoms with Gasteiger partial charge in [0.15, 0.2) is 0 Å². The van der Waals surface area contributed by atoms with Crippen molar-refractivity contribution >= 4 is 0 Å². The van der Waals surface area contributed by atoms with Crippen molar-refractivity contribution in [2.45, 2.75) is 60.9 Å². The summed E-state index contributed by atoms with van der Waals surface area (Å²) in [6.45, 7) is 14.6. The molecule has 0 aromatic heterocycles. The first-order valence-corrected chi connectivity index (χ1v) is 4.76. The smallest absolute Gasteiger partial charge is 0.000781 e. The maximum atomic E-state index is 5.29. The molecule has 0 fully saturated rings. The van der Waals surface area contributed by atoms with Crippen LogP contribution in [0.4, 0.5) is 0 Å². The zero-order valence-corrected chi connectivity index (χ0v) is 9.44. The van der Waals surface area contributed by atoms with Crippen LogP contribution in [-0.4, -0.2) is 6.04 Å². The zero-order valence-electron chi connectivity index (χ0n) is 9.44. The van der Waals surface area contributed by atoms with Gasteiger partial charge in [-0.2, -0.15) is 0 Å². The van der Waals surface area contributed by atoms with Crippen molar-refractivity contribution in [1.29, 1.82) is 0 Å². The van der Waals surface area contributed by atoms with Crippen LogP contribution in [0.1, 0.15) is 54.9 Å². The minimum Gasteiger partial charge on any atom is -0.328 e. The minimum atomic E-state index is 0.384. The van der Waals surface area contributed by atoms with E-state index in [0.717, 1.165) is 12.3 Å². The van der Waals surface area contributed by atoms with E-state index in [1.165, 1.54) is 0 Å². The summed E-state index contributed by atoms with van der Waals surface area (Å²) in [5.74, 6) is 0.833. The van der Waals surface area contributed by atoms with Gasteiger partial charge in [0.1, 0.15) is 0 Å². The summed E-state index contributed by atoms with van der Waals surface area (Å²) in [6.07, 6.45) is 1.08. The topological polar surface area (TPSA) is 26.0 Å². The van der Waals surface area contributed by atoms with Crippen LogP contribution in [0.3, 0.4) is 0 Å². The standard InChI is InChI=1S/C4H11N.C4H10.C2H6/c1-3-4(2)5;1-4(2)3;1-2/h4H,3,5H2,1-2H3;4H,1-3H3;1-2H3. The Morgan fingerprint density at radius 1 is 1.00 bits per heavy atom. The molecule has 11 heavy (non-hydrogen) atoms. The number of hydrogen-bond donors (Lipinski definition) is 1. The average molecular weight is 161 g/mol. The highest BCUT2D eigenvalue weighted by Gasteiger charge is 1.79. The summed E-state index contributed by atoms with van der Waals surface area (Å²) < 4.78 is 0. The van der Waals surface area contributed by atoms with Gasteiger partial charge >= 0.3 is 0 Å². The fourth-order valence-corrected chi connectivity index (χ4v) is 0. The fraction of sp³-hybridized carbons (Fsp3) is 1.00. The van der Waals surface area contributed by atoms with Crippen LogP contribution in [0, 0.1) is 5.92 Å². The molecule has 0 amide bonds. The monoisotopic (exact) mass is 161 g/mol. The molecule has 0 radical (unpaired) electrons. The molecule has 0 aromatic carbocycles. The van der Waals surface area contributed by atoms with E-state index in [1.54, 1.807) is 0 Å². The Bertz CT molecular complexity index is 37.4. The molecule has 0 saturated carbocycles. The van der Waals surface area contributed by atoms with Gasteiger partial charge in [0, 0.05) is 6.04 Å². The zero-order chi connectivity index (χ0) is 9.86. The Labute approximate surface area is 73.4 Å². The Morgan fingerprint density at radius 3 is 1.09 bits per heavy atom. The molecule has 1 nitrogen and oxygen atoms in total. The number of hydrogen-bond acceptors (Lipinski definition) is 1. The predicted molar refractivity (Wildman–Crippen MR) is 55.8 cm³/mol. The van der Waals surface area contributed by atoms with Gasteiger partial charge in [-0.15, -0.1) is 0 Å². The fourth-order valence-electron chi connectivity index (χ4n) is 0. The summed E-state index contributed by atoms with van der Waals surface area (Å²) in [6, 6.07) is 0.384. The molecule has 0 heterocycles. The third-order valence-corrected chi connectivity index (χ3v) is 0.644. The summed E-state index contributed by atoms with van der Waals surface area (Å²) in [4.78, 5) is 0. The predicted octanol–water partition coefficient (Wildman–Crippen LogP) is 3.43. The van der Waals surface area contributed by atoms with Gasteiger partial charge in [0.05, 0.1) is 0 Å². The Hall–Kier alpha value is -0.0400. The highest BCUT2D eigenvalue weighted by atomic mass is 14.6. The van der Waals surface area contributed by atoms with Crippen molar-refractivity contribution in [3.63, 3.8) is 0 Å². The van der Waals surface area contributed by atoms with E-state index in [0.29, 0.717) is 6.04 Å². The van der Waals surface area contributed by atoms with Crippen LogP contribution in [0.15, 0.2) is 0 Å². The van der Waals surface area contributed by atoms with Gasteiger partial charge in [0.2, 0.25) is 0 Å². The summed E-state index contributed by atoms with van der Waals surface area (Å²) >= 11 is 0. The van der Waals surface area contributed by atoms with Crippen LogP contribution in [-0.2, 0) is 0 Å². The second-order valence-electron chi connectivity index (χ2n) is 3.12. The van der Waals surface area contributed by atoms with Gasteiger partial charge in [0.25, 0.3) is 0 Å². The molecule has 0 aromatic rings. The van der Waals surface area contributed by atoms with Gasteiger partial charge in [-0.1, -0.05) is 41.5 Å². The molecule has 0 bridgehead atoms. The molecular formula is C10H27N. The molecule has 0 rings (SSSR count). The van der Waals surface area contributed by atoms with Crippen molar-refractivity contribution < 1.29 is 0 Å². The van der Waals surface area contributed by atoms with Gasteiger partial charge in [-0.05, 0) is 19.3 Å². The third kappa shape index (κ3) is 164. The van der Waals surface area contributed by atoms with E-state index in [1.807, 2.05) is 20.8 Å². The normalized spacial score (nSPS) is 10.6. The first kappa shape index (κ1) is 17.2. The number of nitrogens with two attached hydrogens (primary N) is 1. The Morgan fingerprint density at radius 2 is 1.09 bits per heavy atom. The maximum Gasteiger partial charge on any atom is 0.000781 e. The van der Waals surface area contributed by atoms with Gasteiger partial charge in [-0.3, -0.25) is 0 Å².